The Hall–Kier alpha value is -3.22. The van der Waals surface area contributed by atoms with Crippen molar-refractivity contribution in [2.24, 2.45) is 17.8 Å². The highest BCUT2D eigenvalue weighted by molar-refractivity contribution is 7.85. The van der Waals surface area contributed by atoms with Crippen LogP contribution < -0.4 is 14.8 Å². The van der Waals surface area contributed by atoms with Gasteiger partial charge in [-0.15, -0.1) is 0 Å². The van der Waals surface area contributed by atoms with Crippen LogP contribution >= 0.6 is 23.2 Å². The number of aromatic nitrogens is 2. The van der Waals surface area contributed by atoms with Gasteiger partial charge in [-0.3, -0.25) is 4.55 Å². The van der Waals surface area contributed by atoms with Crippen molar-refractivity contribution >= 4 is 55.7 Å². The van der Waals surface area contributed by atoms with E-state index in [0.717, 1.165) is 17.4 Å². The first-order valence-electron chi connectivity index (χ1n) is 14.0. The summed E-state index contributed by atoms with van der Waals surface area (Å²) in [7, 11) is -0.224. The summed E-state index contributed by atoms with van der Waals surface area (Å²) in [6.45, 7) is 4.87. The molecule has 1 saturated heterocycles. The van der Waals surface area contributed by atoms with E-state index in [1.54, 1.807) is 25.3 Å². The molecule has 1 aliphatic carbocycles. The van der Waals surface area contributed by atoms with Gasteiger partial charge in [0.25, 0.3) is 10.1 Å². The van der Waals surface area contributed by atoms with Crippen LogP contribution in [-0.2, 0) is 10.1 Å². The van der Waals surface area contributed by atoms with Crippen LogP contribution in [-0.4, -0.2) is 61.7 Å². The van der Waals surface area contributed by atoms with Crippen LogP contribution in [0, 0.1) is 30.5 Å². The van der Waals surface area contributed by atoms with Crippen molar-refractivity contribution in [3.8, 4) is 11.5 Å². The van der Waals surface area contributed by atoms with Gasteiger partial charge in [-0.1, -0.05) is 40.9 Å². The fourth-order valence-corrected chi connectivity index (χ4v) is 6.69. The molecule has 1 aliphatic heterocycles. The Morgan fingerprint density at radius 1 is 1.05 bits per heavy atom. The van der Waals surface area contributed by atoms with Gasteiger partial charge in [0.05, 0.1) is 39.9 Å². The molecule has 0 unspecified atom stereocenters. The number of hydrogen-bond acceptors (Lipinski definition) is 8. The smallest absolute Gasteiger partial charge is 0.294 e. The van der Waals surface area contributed by atoms with Crippen LogP contribution in [0.4, 0.5) is 15.9 Å². The molecule has 0 amide bonds. The van der Waals surface area contributed by atoms with Gasteiger partial charge in [-0.25, -0.2) is 14.4 Å². The third kappa shape index (κ3) is 7.35. The number of anilines is 2. The number of benzene rings is 3. The van der Waals surface area contributed by atoms with E-state index in [2.05, 4.69) is 27.2 Å². The molecule has 2 fully saturated rings. The molecular formula is C31H33Cl2FN4O5S. The second kappa shape index (κ2) is 13.4. The Balaban J connectivity index is 0.000000296. The largest absolute Gasteiger partial charge is 0.493 e. The number of nitrogens with one attached hydrogen (secondary N) is 1. The molecular weight excluding hydrogens is 630 g/mol. The molecule has 2 aliphatic rings. The van der Waals surface area contributed by atoms with Crippen molar-refractivity contribution in [3.63, 3.8) is 0 Å². The molecule has 4 aromatic rings. The third-order valence-corrected chi connectivity index (χ3v) is 9.68. The minimum absolute atomic E-state index is 0.0666. The number of ether oxygens (including phenoxy) is 2. The molecule has 6 rings (SSSR count). The van der Waals surface area contributed by atoms with E-state index in [0.29, 0.717) is 40.7 Å². The molecule has 0 bridgehead atoms. The number of hydrogen-bond donors (Lipinski definition) is 2. The van der Waals surface area contributed by atoms with E-state index in [1.165, 1.54) is 56.5 Å². The second-order valence-electron chi connectivity index (χ2n) is 11.3. The van der Waals surface area contributed by atoms with E-state index < -0.39 is 15.9 Å². The van der Waals surface area contributed by atoms with Crippen molar-refractivity contribution in [1.29, 1.82) is 0 Å². The zero-order valence-electron chi connectivity index (χ0n) is 24.4. The lowest BCUT2D eigenvalue weighted by Crippen LogP contribution is -2.18. The first-order chi connectivity index (χ1) is 20.9. The fourth-order valence-electron chi connectivity index (χ4n) is 5.90. The summed E-state index contributed by atoms with van der Waals surface area (Å²) in [5.41, 5.74) is 1.78. The summed E-state index contributed by atoms with van der Waals surface area (Å²) in [4.78, 5) is 11.0. The van der Waals surface area contributed by atoms with E-state index in [4.69, 9.17) is 37.2 Å². The lowest BCUT2D eigenvalue weighted by atomic mass is 10.0. The van der Waals surface area contributed by atoms with Gasteiger partial charge in [-0.05, 0) is 74.9 Å². The summed E-state index contributed by atoms with van der Waals surface area (Å²) in [6.07, 6.45) is 3.83. The Labute approximate surface area is 266 Å². The normalized spacial score (nSPS) is 19.8. The standard InChI is InChI=1S/C24H25Cl2FN4O2.C7H8O3S/c1-31-9-14-5-13(6-15(14)10-31)11-33-21-8-19-16(7-20(21)32-2)24(29-12-28-19)30-18-4-3-17(25)22(26)23(18)27;1-6-2-4-7(5-3-6)11(8,9)10/h3-4,7-8,12-15H,5-6,9-11H2,1-2H3,(H,28,29,30);2-5H,1H3,(H,8,9,10)/t13-,14-,15+;. The zero-order chi connectivity index (χ0) is 31.6. The van der Waals surface area contributed by atoms with Crippen LogP contribution in [0.3, 0.4) is 0 Å². The highest BCUT2D eigenvalue weighted by Gasteiger charge is 2.39. The van der Waals surface area contributed by atoms with Crippen molar-refractivity contribution < 1.29 is 26.8 Å². The Morgan fingerprint density at radius 2 is 1.73 bits per heavy atom. The predicted molar refractivity (Wildman–Crippen MR) is 169 cm³/mol. The maximum absolute atomic E-state index is 14.5. The van der Waals surface area contributed by atoms with Crippen LogP contribution in [0.1, 0.15) is 18.4 Å². The Morgan fingerprint density at radius 3 is 2.36 bits per heavy atom. The molecule has 234 valence electrons. The van der Waals surface area contributed by atoms with Crippen molar-refractivity contribution in [1.82, 2.24) is 14.9 Å². The van der Waals surface area contributed by atoms with Gasteiger partial charge >= 0.3 is 0 Å². The summed E-state index contributed by atoms with van der Waals surface area (Å²) in [5, 5.41) is 3.66. The highest BCUT2D eigenvalue weighted by Crippen LogP contribution is 2.42. The molecule has 1 aromatic heterocycles. The lowest BCUT2D eigenvalue weighted by Gasteiger charge is -2.17. The van der Waals surface area contributed by atoms with Crippen LogP contribution in [0.2, 0.25) is 10.0 Å². The summed E-state index contributed by atoms with van der Waals surface area (Å²) in [5.74, 6) is 3.12. The van der Waals surface area contributed by atoms with Crippen molar-refractivity contribution in [3.05, 3.63) is 76.3 Å². The first kappa shape index (κ1) is 32.2. The predicted octanol–water partition coefficient (Wildman–Crippen LogP) is 7.04. The summed E-state index contributed by atoms with van der Waals surface area (Å²) >= 11 is 11.8. The molecule has 44 heavy (non-hydrogen) atoms. The SMILES string of the molecule is COc1cc2c(Nc3ccc(Cl)c(Cl)c3F)ncnc2cc1OC[C@@H]1C[C@@H]2CN(C)C[C@@H]2C1.Cc1ccc(S(=O)(=O)O)cc1. The quantitative estimate of drug-likeness (QED) is 0.159. The van der Waals surface area contributed by atoms with Crippen LogP contribution in [0.15, 0.2) is 59.8 Å². The van der Waals surface area contributed by atoms with Gasteiger partial charge in [0.1, 0.15) is 12.1 Å². The van der Waals surface area contributed by atoms with Gasteiger partial charge in [-0.2, -0.15) is 8.42 Å². The molecule has 9 nitrogen and oxygen atoms in total. The number of fused-ring (bicyclic) bond motifs is 2. The minimum Gasteiger partial charge on any atom is -0.493 e. The van der Waals surface area contributed by atoms with Crippen LogP contribution in [0.5, 0.6) is 11.5 Å². The maximum atomic E-state index is 14.5. The zero-order valence-corrected chi connectivity index (χ0v) is 26.8. The Kier molecular flexibility index (Phi) is 9.81. The van der Waals surface area contributed by atoms with Crippen molar-refractivity contribution in [2.75, 3.05) is 39.2 Å². The Bertz CT molecular complexity index is 1750. The molecule has 0 radical (unpaired) electrons. The van der Waals surface area contributed by atoms with Crippen LogP contribution in [0.25, 0.3) is 10.9 Å². The van der Waals surface area contributed by atoms with E-state index in [1.807, 2.05) is 13.0 Å². The first-order valence-corrected chi connectivity index (χ1v) is 16.2. The monoisotopic (exact) mass is 662 g/mol. The summed E-state index contributed by atoms with van der Waals surface area (Å²) in [6, 6.07) is 12.7. The molecule has 3 atom stereocenters. The van der Waals surface area contributed by atoms with E-state index >= 15 is 0 Å². The average Bonchev–Trinajstić information content (AvgIpc) is 3.53. The van der Waals surface area contributed by atoms with Crippen molar-refractivity contribution in [2.45, 2.75) is 24.7 Å². The van der Waals surface area contributed by atoms with Gasteiger partial charge in [0.2, 0.25) is 0 Å². The molecule has 13 heteroatoms. The number of halogens is 3. The maximum Gasteiger partial charge on any atom is 0.294 e. The van der Waals surface area contributed by atoms with Gasteiger partial charge in [0.15, 0.2) is 17.3 Å². The fraction of sp³-hybridized carbons (Fsp3) is 0.355. The summed E-state index contributed by atoms with van der Waals surface area (Å²) < 4.78 is 55.9. The van der Waals surface area contributed by atoms with E-state index in [-0.39, 0.29) is 20.6 Å². The molecule has 2 N–H and O–H groups in total. The number of nitrogens with zero attached hydrogens (tertiary/aromatic N) is 3. The topological polar surface area (TPSA) is 114 Å². The number of aryl methyl sites for hydroxylation is 1. The van der Waals surface area contributed by atoms with Gasteiger partial charge in [0, 0.05) is 24.5 Å². The highest BCUT2D eigenvalue weighted by atomic mass is 35.5. The minimum atomic E-state index is -4.02. The molecule has 2 heterocycles. The second-order valence-corrected chi connectivity index (χ2v) is 13.5. The molecule has 3 aromatic carbocycles. The molecule has 0 spiro atoms. The number of rotatable bonds is 7. The number of likely N-dealkylation sites (tertiary alicyclic amines) is 1. The van der Waals surface area contributed by atoms with E-state index in [9.17, 15) is 12.8 Å². The lowest BCUT2D eigenvalue weighted by molar-refractivity contribution is 0.227. The number of methoxy groups -OCH3 is 1. The third-order valence-electron chi connectivity index (χ3n) is 8.03. The van der Waals surface area contributed by atoms with Gasteiger partial charge < -0.3 is 19.7 Å². The molecule has 1 saturated carbocycles. The average molecular weight is 664 g/mol.